The van der Waals surface area contributed by atoms with Crippen LogP contribution in [-0.2, 0) is 4.79 Å². The van der Waals surface area contributed by atoms with Gasteiger partial charge in [-0.25, -0.2) is 5.43 Å². The van der Waals surface area contributed by atoms with E-state index in [9.17, 15) is 4.79 Å². The van der Waals surface area contributed by atoms with Gasteiger partial charge < -0.3 is 14.8 Å². The molecular weight excluding hydrogens is 354 g/mol. The van der Waals surface area contributed by atoms with Crippen molar-refractivity contribution >= 4 is 28.1 Å². The quantitative estimate of drug-likeness (QED) is 0.485. The van der Waals surface area contributed by atoms with Crippen molar-refractivity contribution in [3.63, 3.8) is 0 Å². The molecule has 3 rings (SSSR count). The van der Waals surface area contributed by atoms with Crippen LogP contribution in [0.4, 0.5) is 5.69 Å². The first-order valence-electron chi connectivity index (χ1n) is 8.88. The second kappa shape index (κ2) is 8.90. The van der Waals surface area contributed by atoms with Crippen LogP contribution in [0.1, 0.15) is 12.5 Å². The van der Waals surface area contributed by atoms with E-state index in [0.717, 1.165) is 39.2 Å². The normalized spacial score (nSPS) is 11.2. The number of carbonyl (C=O) groups is 1. The van der Waals surface area contributed by atoms with Crippen molar-refractivity contribution in [1.29, 1.82) is 0 Å². The number of hydrogen-bond donors (Lipinski definition) is 2. The van der Waals surface area contributed by atoms with Crippen molar-refractivity contribution in [2.24, 2.45) is 5.10 Å². The molecule has 1 amide bonds. The Morgan fingerprint density at radius 1 is 0.929 bits per heavy atom. The van der Waals surface area contributed by atoms with Gasteiger partial charge in [0.05, 0.1) is 26.5 Å². The van der Waals surface area contributed by atoms with Crippen molar-refractivity contribution < 1.29 is 14.3 Å². The van der Waals surface area contributed by atoms with E-state index in [0.29, 0.717) is 0 Å². The van der Waals surface area contributed by atoms with Gasteiger partial charge in [-0.1, -0.05) is 24.3 Å². The molecule has 0 aromatic heterocycles. The van der Waals surface area contributed by atoms with Crippen LogP contribution in [0.3, 0.4) is 0 Å². The van der Waals surface area contributed by atoms with Crippen molar-refractivity contribution in [1.82, 2.24) is 5.43 Å². The molecule has 2 N–H and O–H groups in total. The molecule has 144 valence electrons. The summed E-state index contributed by atoms with van der Waals surface area (Å²) in [6.45, 7) is 1.97. The smallest absolute Gasteiger partial charge is 0.259 e. The van der Waals surface area contributed by atoms with E-state index in [2.05, 4.69) is 15.8 Å². The highest BCUT2D eigenvalue weighted by Crippen LogP contribution is 2.22. The molecule has 3 aromatic carbocycles. The molecule has 28 heavy (non-hydrogen) atoms. The minimum Gasteiger partial charge on any atom is -0.497 e. The third-order valence-electron chi connectivity index (χ3n) is 4.34. The fourth-order valence-corrected chi connectivity index (χ4v) is 2.74. The molecule has 0 saturated heterocycles. The number of methoxy groups -OCH3 is 2. The van der Waals surface area contributed by atoms with E-state index < -0.39 is 0 Å². The standard InChI is InChI=1S/C22H23N3O3/c1-15(16-7-8-18-12-21(28-3)10-9-17(18)11-16)24-25-22(26)14-23-19-5-4-6-20(13-19)27-2/h4-13,23H,14H2,1-3H3,(H,25,26)/b24-15-. The SMILES string of the molecule is COc1cccc(NCC(=O)N/N=C(/C)c2ccc3cc(OC)ccc3c2)c1. The Bertz CT molecular complexity index is 1010. The van der Waals surface area contributed by atoms with E-state index in [1.54, 1.807) is 14.2 Å². The average Bonchev–Trinajstić information content (AvgIpc) is 2.75. The summed E-state index contributed by atoms with van der Waals surface area (Å²) >= 11 is 0. The summed E-state index contributed by atoms with van der Waals surface area (Å²) in [4.78, 5) is 12.1. The number of amides is 1. The predicted octanol–water partition coefficient (Wildman–Crippen LogP) is 3.81. The Labute approximate surface area is 164 Å². The van der Waals surface area contributed by atoms with Crippen molar-refractivity contribution in [3.05, 3.63) is 66.2 Å². The summed E-state index contributed by atoms with van der Waals surface area (Å²) in [5, 5.41) is 9.42. The summed E-state index contributed by atoms with van der Waals surface area (Å²) in [5.74, 6) is 1.32. The second-order valence-corrected chi connectivity index (χ2v) is 6.25. The van der Waals surface area contributed by atoms with Crippen LogP contribution in [0.25, 0.3) is 10.8 Å². The van der Waals surface area contributed by atoms with E-state index in [-0.39, 0.29) is 12.5 Å². The summed E-state index contributed by atoms with van der Waals surface area (Å²) in [6.07, 6.45) is 0. The molecule has 0 bridgehead atoms. The first kappa shape index (κ1) is 19.2. The first-order valence-corrected chi connectivity index (χ1v) is 8.88. The highest BCUT2D eigenvalue weighted by atomic mass is 16.5. The number of fused-ring (bicyclic) bond motifs is 1. The molecule has 0 radical (unpaired) electrons. The van der Waals surface area contributed by atoms with Gasteiger partial charge in [-0.2, -0.15) is 5.10 Å². The van der Waals surface area contributed by atoms with Crippen LogP contribution in [0.2, 0.25) is 0 Å². The van der Waals surface area contributed by atoms with Crippen LogP contribution in [-0.4, -0.2) is 32.4 Å². The Balaban J connectivity index is 1.61. The zero-order valence-electron chi connectivity index (χ0n) is 16.2. The molecule has 0 spiro atoms. The zero-order valence-corrected chi connectivity index (χ0v) is 16.2. The molecule has 0 atom stereocenters. The highest BCUT2D eigenvalue weighted by Gasteiger charge is 2.04. The number of hydrogen-bond acceptors (Lipinski definition) is 5. The lowest BCUT2D eigenvalue weighted by Gasteiger charge is -2.08. The largest absolute Gasteiger partial charge is 0.497 e. The summed E-state index contributed by atoms with van der Waals surface area (Å²) < 4.78 is 10.4. The molecule has 6 heteroatoms. The number of ether oxygens (including phenoxy) is 2. The van der Waals surface area contributed by atoms with Crippen molar-refractivity contribution in [3.8, 4) is 11.5 Å². The molecule has 3 aromatic rings. The average molecular weight is 377 g/mol. The van der Waals surface area contributed by atoms with Crippen LogP contribution in [0.5, 0.6) is 11.5 Å². The van der Waals surface area contributed by atoms with Gasteiger partial charge in [-0.15, -0.1) is 0 Å². The molecule has 0 fully saturated rings. The molecule has 0 unspecified atom stereocenters. The minimum atomic E-state index is -0.229. The Morgan fingerprint density at radius 2 is 1.64 bits per heavy atom. The number of anilines is 1. The number of rotatable bonds is 7. The van der Waals surface area contributed by atoms with E-state index in [4.69, 9.17) is 9.47 Å². The molecule has 0 saturated carbocycles. The highest BCUT2D eigenvalue weighted by molar-refractivity contribution is 6.02. The maximum Gasteiger partial charge on any atom is 0.259 e. The van der Waals surface area contributed by atoms with Crippen LogP contribution in [0, 0.1) is 0 Å². The Kier molecular flexibility index (Phi) is 6.11. The Hall–Kier alpha value is -3.54. The summed E-state index contributed by atoms with van der Waals surface area (Å²) in [5.41, 5.74) is 5.06. The lowest BCUT2D eigenvalue weighted by Crippen LogP contribution is -2.26. The Morgan fingerprint density at radius 3 is 2.43 bits per heavy atom. The topological polar surface area (TPSA) is 72.0 Å². The van der Waals surface area contributed by atoms with Gasteiger partial charge in [0, 0.05) is 11.8 Å². The van der Waals surface area contributed by atoms with Gasteiger partial charge in [-0.3, -0.25) is 4.79 Å². The van der Waals surface area contributed by atoms with E-state index in [1.165, 1.54) is 0 Å². The lowest BCUT2D eigenvalue weighted by molar-refractivity contribution is -0.119. The van der Waals surface area contributed by atoms with Gasteiger partial charge in [0.1, 0.15) is 11.5 Å². The molecule has 0 aliphatic heterocycles. The van der Waals surface area contributed by atoms with Gasteiger partial charge >= 0.3 is 0 Å². The van der Waals surface area contributed by atoms with Crippen LogP contribution >= 0.6 is 0 Å². The monoisotopic (exact) mass is 377 g/mol. The van der Waals surface area contributed by atoms with Gasteiger partial charge in [0.2, 0.25) is 0 Å². The number of nitrogens with zero attached hydrogens (tertiary/aromatic N) is 1. The maximum atomic E-state index is 12.1. The number of carbonyl (C=O) groups excluding carboxylic acids is 1. The number of benzene rings is 3. The summed E-state index contributed by atoms with van der Waals surface area (Å²) in [6, 6.07) is 19.3. The molecule has 6 nitrogen and oxygen atoms in total. The molecule has 0 aliphatic carbocycles. The van der Waals surface area contributed by atoms with Crippen molar-refractivity contribution in [2.75, 3.05) is 26.1 Å². The summed E-state index contributed by atoms with van der Waals surface area (Å²) in [7, 11) is 3.25. The van der Waals surface area contributed by atoms with E-state index >= 15 is 0 Å². The van der Waals surface area contributed by atoms with Gasteiger partial charge in [0.25, 0.3) is 5.91 Å². The third kappa shape index (κ3) is 4.79. The third-order valence-corrected chi connectivity index (χ3v) is 4.34. The molecular formula is C22H23N3O3. The van der Waals surface area contributed by atoms with Crippen molar-refractivity contribution in [2.45, 2.75) is 6.92 Å². The first-order chi connectivity index (χ1) is 13.6. The van der Waals surface area contributed by atoms with Gasteiger partial charge in [-0.05, 0) is 53.6 Å². The fourth-order valence-electron chi connectivity index (χ4n) is 2.74. The van der Waals surface area contributed by atoms with Crippen LogP contribution in [0.15, 0.2) is 65.8 Å². The second-order valence-electron chi connectivity index (χ2n) is 6.25. The zero-order chi connectivity index (χ0) is 19.9. The fraction of sp³-hybridized carbons (Fsp3) is 0.182. The molecule has 0 heterocycles. The predicted molar refractivity (Wildman–Crippen MR) is 112 cm³/mol. The van der Waals surface area contributed by atoms with Gasteiger partial charge in [0.15, 0.2) is 0 Å². The lowest BCUT2D eigenvalue weighted by atomic mass is 10.0. The molecule has 0 aliphatic rings. The maximum absolute atomic E-state index is 12.1. The number of hydrazone groups is 1. The van der Waals surface area contributed by atoms with Crippen LogP contribution < -0.4 is 20.2 Å². The van der Waals surface area contributed by atoms with E-state index in [1.807, 2.05) is 67.6 Å². The number of nitrogens with one attached hydrogen (secondary N) is 2. The minimum absolute atomic E-state index is 0.113.